The molecular formula is C15H22N2O2. The summed E-state index contributed by atoms with van der Waals surface area (Å²) in [6.45, 7) is 3.02. The summed E-state index contributed by atoms with van der Waals surface area (Å²) in [5.41, 5.74) is 6.25. The molecule has 0 radical (unpaired) electrons. The Hall–Kier alpha value is -1.55. The zero-order valence-electron chi connectivity index (χ0n) is 11.4. The van der Waals surface area contributed by atoms with Crippen LogP contribution in [0.5, 0.6) is 5.75 Å². The Morgan fingerprint density at radius 2 is 2.16 bits per heavy atom. The normalized spacial score (nSPS) is 17.2. The van der Waals surface area contributed by atoms with Gasteiger partial charge in [-0.05, 0) is 38.0 Å². The van der Waals surface area contributed by atoms with Crippen LogP contribution in [-0.2, 0) is 0 Å². The molecule has 1 aliphatic rings. The van der Waals surface area contributed by atoms with Crippen molar-refractivity contribution in [3.63, 3.8) is 0 Å². The summed E-state index contributed by atoms with van der Waals surface area (Å²) < 4.78 is 5.41. The minimum atomic E-state index is -0.210. The third-order valence-corrected chi connectivity index (χ3v) is 3.74. The molecule has 3 N–H and O–H groups in total. The second-order valence-corrected chi connectivity index (χ2v) is 5.11. The Bertz CT molecular complexity index is 440. The van der Waals surface area contributed by atoms with Gasteiger partial charge in [0.25, 0.3) is 5.91 Å². The lowest BCUT2D eigenvalue weighted by molar-refractivity contribution is 0.0902. The lowest BCUT2D eigenvalue weighted by Crippen LogP contribution is -2.51. The predicted octanol–water partition coefficient (Wildman–Crippen LogP) is 2.09. The third-order valence-electron chi connectivity index (χ3n) is 3.74. The molecule has 19 heavy (non-hydrogen) atoms. The molecule has 0 saturated heterocycles. The molecule has 0 atom stereocenters. The van der Waals surface area contributed by atoms with Gasteiger partial charge in [-0.15, -0.1) is 0 Å². The van der Waals surface area contributed by atoms with Crippen LogP contribution in [0.2, 0.25) is 0 Å². The Morgan fingerprint density at radius 1 is 1.42 bits per heavy atom. The second-order valence-electron chi connectivity index (χ2n) is 5.11. The summed E-state index contributed by atoms with van der Waals surface area (Å²) in [7, 11) is 0. The van der Waals surface area contributed by atoms with Crippen molar-refractivity contribution in [2.45, 2.75) is 38.1 Å². The second kappa shape index (κ2) is 6.06. The summed E-state index contributed by atoms with van der Waals surface area (Å²) >= 11 is 0. The van der Waals surface area contributed by atoms with Crippen molar-refractivity contribution in [3.8, 4) is 5.75 Å². The number of carbonyl (C=O) groups is 1. The topological polar surface area (TPSA) is 64.3 Å². The summed E-state index contributed by atoms with van der Waals surface area (Å²) in [4.78, 5) is 12.3. The van der Waals surface area contributed by atoms with Crippen molar-refractivity contribution in [1.29, 1.82) is 0 Å². The first-order valence-corrected chi connectivity index (χ1v) is 6.94. The number of hydrogen-bond donors (Lipinski definition) is 2. The van der Waals surface area contributed by atoms with Crippen LogP contribution < -0.4 is 15.8 Å². The SMILES string of the molecule is CCOc1cccc(C(=O)NC2(CN)CCCC2)c1. The molecule has 0 heterocycles. The molecule has 0 unspecified atom stereocenters. The maximum absolute atomic E-state index is 12.3. The highest BCUT2D eigenvalue weighted by Crippen LogP contribution is 2.29. The van der Waals surface area contributed by atoms with Crippen molar-refractivity contribution in [3.05, 3.63) is 29.8 Å². The molecule has 1 aliphatic carbocycles. The van der Waals surface area contributed by atoms with Gasteiger partial charge in [-0.1, -0.05) is 18.9 Å². The van der Waals surface area contributed by atoms with E-state index < -0.39 is 0 Å². The van der Waals surface area contributed by atoms with E-state index in [0.717, 1.165) is 31.4 Å². The van der Waals surface area contributed by atoms with E-state index in [0.29, 0.717) is 18.7 Å². The van der Waals surface area contributed by atoms with E-state index in [1.54, 1.807) is 12.1 Å². The van der Waals surface area contributed by atoms with Gasteiger partial charge in [0.2, 0.25) is 0 Å². The molecular weight excluding hydrogens is 240 g/mol. The predicted molar refractivity (Wildman–Crippen MR) is 75.3 cm³/mol. The highest BCUT2D eigenvalue weighted by atomic mass is 16.5. The van der Waals surface area contributed by atoms with Crippen LogP contribution in [0.3, 0.4) is 0 Å². The van der Waals surface area contributed by atoms with E-state index in [4.69, 9.17) is 10.5 Å². The fraction of sp³-hybridized carbons (Fsp3) is 0.533. The smallest absolute Gasteiger partial charge is 0.251 e. The quantitative estimate of drug-likeness (QED) is 0.854. The minimum Gasteiger partial charge on any atom is -0.494 e. The average Bonchev–Trinajstić information content (AvgIpc) is 2.88. The number of rotatable bonds is 5. The average molecular weight is 262 g/mol. The maximum Gasteiger partial charge on any atom is 0.251 e. The Kier molecular flexibility index (Phi) is 4.43. The van der Waals surface area contributed by atoms with Crippen LogP contribution in [0.4, 0.5) is 0 Å². The first kappa shape index (κ1) is 13.9. The highest BCUT2D eigenvalue weighted by molar-refractivity contribution is 5.95. The van der Waals surface area contributed by atoms with Crippen molar-refractivity contribution in [2.75, 3.05) is 13.2 Å². The van der Waals surface area contributed by atoms with E-state index in [1.807, 2.05) is 19.1 Å². The monoisotopic (exact) mass is 262 g/mol. The molecule has 4 nitrogen and oxygen atoms in total. The third kappa shape index (κ3) is 3.26. The molecule has 2 rings (SSSR count). The summed E-state index contributed by atoms with van der Waals surface area (Å²) in [6, 6.07) is 7.27. The van der Waals surface area contributed by atoms with E-state index >= 15 is 0 Å². The van der Waals surface area contributed by atoms with Crippen LogP contribution in [0.15, 0.2) is 24.3 Å². The maximum atomic E-state index is 12.3. The molecule has 104 valence electrons. The number of hydrogen-bond acceptors (Lipinski definition) is 3. The molecule has 0 spiro atoms. The first-order valence-electron chi connectivity index (χ1n) is 6.94. The standard InChI is InChI=1S/C15H22N2O2/c1-2-19-13-7-5-6-12(10-13)14(18)17-15(11-16)8-3-4-9-15/h5-7,10H,2-4,8-9,11,16H2,1H3,(H,17,18). The molecule has 4 heteroatoms. The number of nitrogens with two attached hydrogens (primary N) is 1. The molecule has 1 fully saturated rings. The Balaban J connectivity index is 2.08. The molecule has 0 aliphatic heterocycles. The number of nitrogens with one attached hydrogen (secondary N) is 1. The van der Waals surface area contributed by atoms with E-state index in [-0.39, 0.29) is 11.4 Å². The van der Waals surface area contributed by atoms with Crippen LogP contribution >= 0.6 is 0 Å². The van der Waals surface area contributed by atoms with E-state index in [9.17, 15) is 4.79 Å². The van der Waals surface area contributed by atoms with Gasteiger partial charge in [0.1, 0.15) is 5.75 Å². The number of amides is 1. The summed E-state index contributed by atoms with van der Waals surface area (Å²) in [5, 5.41) is 3.11. The lowest BCUT2D eigenvalue weighted by atomic mass is 9.97. The van der Waals surface area contributed by atoms with Crippen LogP contribution in [0.1, 0.15) is 43.0 Å². The molecule has 1 aromatic rings. The van der Waals surface area contributed by atoms with Gasteiger partial charge in [0, 0.05) is 12.1 Å². The number of carbonyl (C=O) groups excluding carboxylic acids is 1. The molecule has 0 aromatic heterocycles. The zero-order valence-corrected chi connectivity index (χ0v) is 11.4. The van der Waals surface area contributed by atoms with Crippen LogP contribution in [0, 0.1) is 0 Å². The zero-order chi connectivity index (χ0) is 13.7. The van der Waals surface area contributed by atoms with Crippen LogP contribution in [-0.4, -0.2) is 24.6 Å². The molecule has 1 saturated carbocycles. The van der Waals surface area contributed by atoms with Gasteiger partial charge in [-0.2, -0.15) is 0 Å². The fourth-order valence-corrected chi connectivity index (χ4v) is 2.64. The summed E-state index contributed by atoms with van der Waals surface area (Å²) in [5.74, 6) is 0.664. The highest BCUT2D eigenvalue weighted by Gasteiger charge is 2.34. The molecule has 0 bridgehead atoms. The van der Waals surface area contributed by atoms with Crippen molar-refractivity contribution in [2.24, 2.45) is 5.73 Å². The largest absolute Gasteiger partial charge is 0.494 e. The van der Waals surface area contributed by atoms with Gasteiger partial charge in [0.05, 0.1) is 12.1 Å². The Labute approximate surface area is 114 Å². The number of benzene rings is 1. The molecule has 1 aromatic carbocycles. The van der Waals surface area contributed by atoms with Gasteiger partial charge < -0.3 is 15.8 Å². The summed E-state index contributed by atoms with van der Waals surface area (Å²) in [6.07, 6.45) is 4.22. The lowest BCUT2D eigenvalue weighted by Gasteiger charge is -2.28. The van der Waals surface area contributed by atoms with Crippen molar-refractivity contribution >= 4 is 5.91 Å². The van der Waals surface area contributed by atoms with Gasteiger partial charge >= 0.3 is 0 Å². The minimum absolute atomic E-state index is 0.0612. The van der Waals surface area contributed by atoms with Crippen molar-refractivity contribution in [1.82, 2.24) is 5.32 Å². The fourth-order valence-electron chi connectivity index (χ4n) is 2.64. The first-order chi connectivity index (χ1) is 9.19. The van der Waals surface area contributed by atoms with Gasteiger partial charge in [-0.3, -0.25) is 4.79 Å². The van der Waals surface area contributed by atoms with Gasteiger partial charge in [0.15, 0.2) is 0 Å². The Morgan fingerprint density at radius 3 is 2.79 bits per heavy atom. The van der Waals surface area contributed by atoms with Crippen molar-refractivity contribution < 1.29 is 9.53 Å². The molecule has 1 amide bonds. The van der Waals surface area contributed by atoms with Gasteiger partial charge in [-0.25, -0.2) is 0 Å². The van der Waals surface area contributed by atoms with Crippen LogP contribution in [0.25, 0.3) is 0 Å². The van der Waals surface area contributed by atoms with E-state index in [2.05, 4.69) is 5.32 Å². The van der Waals surface area contributed by atoms with E-state index in [1.165, 1.54) is 0 Å². The number of ether oxygens (including phenoxy) is 1.